The van der Waals surface area contributed by atoms with Crippen LogP contribution in [0.3, 0.4) is 0 Å². The molecule has 0 bridgehead atoms. The molecule has 59 heavy (non-hydrogen) atoms. The molecule has 2 N–H and O–H groups in total. The number of rotatable bonds is 47. The van der Waals surface area contributed by atoms with Crippen molar-refractivity contribution in [2.45, 2.75) is 264 Å². The predicted molar refractivity (Wildman–Crippen MR) is 252 cm³/mol. The first-order valence-corrected chi connectivity index (χ1v) is 27.0. The van der Waals surface area contributed by atoms with Gasteiger partial charge in [-0.1, -0.05) is 219 Å². The Hall–Kier alpha value is -0.760. The average molecular weight is 857 g/mol. The Bertz CT molecular complexity index is 974. The van der Waals surface area contributed by atoms with Crippen molar-refractivity contribution in [3.63, 3.8) is 0 Å². The summed E-state index contributed by atoms with van der Waals surface area (Å²) in [5.74, 6) is -0.170. The number of allylic oxidation sites excluding steroid dienone is 2. The van der Waals surface area contributed by atoms with Gasteiger partial charge in [-0.2, -0.15) is 0 Å². The lowest BCUT2D eigenvalue weighted by atomic mass is 10.0. The number of phosphoric acid groups is 1. The van der Waals surface area contributed by atoms with Crippen molar-refractivity contribution in [2.24, 2.45) is 0 Å². The lowest BCUT2D eigenvalue weighted by Crippen LogP contribution is -2.46. The number of carbonyl (C=O) groups excluding carboxylic acids is 1. The number of unbranched alkanes of at least 4 members (excludes halogenated alkanes) is 32. The molecule has 352 valence electrons. The second-order valence-corrected chi connectivity index (χ2v) is 20.3. The van der Waals surface area contributed by atoms with Crippen LogP contribution < -0.4 is 10.2 Å². The lowest BCUT2D eigenvalue weighted by molar-refractivity contribution is -0.870. The fraction of sp³-hybridized carbons (Fsp3) is 0.940. The summed E-state index contributed by atoms with van der Waals surface area (Å²) in [5, 5.41) is 14.0. The van der Waals surface area contributed by atoms with Gasteiger partial charge in [0.15, 0.2) is 0 Å². The maximum absolute atomic E-state index is 12.9. The van der Waals surface area contributed by atoms with Crippen molar-refractivity contribution in [1.82, 2.24) is 5.32 Å². The average Bonchev–Trinajstić information content (AvgIpc) is 3.19. The highest BCUT2D eigenvalue weighted by atomic mass is 31.2. The first-order valence-electron chi connectivity index (χ1n) is 25.5. The van der Waals surface area contributed by atoms with Crippen molar-refractivity contribution in [3.05, 3.63) is 12.2 Å². The molecular formula is C50H101N2O6P. The van der Waals surface area contributed by atoms with E-state index in [4.69, 9.17) is 9.05 Å². The fourth-order valence-corrected chi connectivity index (χ4v) is 8.41. The molecule has 9 heteroatoms. The molecule has 3 unspecified atom stereocenters. The summed E-state index contributed by atoms with van der Waals surface area (Å²) in [6, 6.07) is -0.801. The molecule has 0 spiro atoms. The van der Waals surface area contributed by atoms with E-state index in [-0.39, 0.29) is 19.1 Å². The van der Waals surface area contributed by atoms with Crippen LogP contribution in [0.2, 0.25) is 0 Å². The molecule has 0 heterocycles. The van der Waals surface area contributed by atoms with Gasteiger partial charge in [-0.3, -0.25) is 9.36 Å². The van der Waals surface area contributed by atoms with Crippen molar-refractivity contribution in [2.75, 3.05) is 40.9 Å². The highest BCUT2D eigenvalue weighted by molar-refractivity contribution is 7.45. The van der Waals surface area contributed by atoms with E-state index in [1.807, 2.05) is 21.1 Å². The van der Waals surface area contributed by atoms with E-state index >= 15 is 0 Å². The normalized spacial score (nSPS) is 14.2. The van der Waals surface area contributed by atoms with Crippen LogP contribution in [0.25, 0.3) is 0 Å². The molecule has 3 atom stereocenters. The number of phosphoric ester groups is 1. The Morgan fingerprint density at radius 3 is 1.32 bits per heavy atom. The van der Waals surface area contributed by atoms with Crippen molar-refractivity contribution in [1.29, 1.82) is 0 Å². The molecule has 0 fully saturated rings. The second-order valence-electron chi connectivity index (χ2n) is 18.9. The standard InChI is InChI=1S/C50H101N2O6P/c1-6-8-10-12-14-16-18-20-22-24-25-26-27-28-29-31-33-35-37-39-41-43-49(53)48(47-58-59(55,56)57-46-45-52(3,4)5)51-50(54)44-42-40-38-36-34-32-30-23-21-19-17-15-13-11-9-7-2/h23,30,48-49,53H,6-22,24-29,31-47H2,1-5H3,(H-,51,54,55,56)/b30-23-. The summed E-state index contributed by atoms with van der Waals surface area (Å²) >= 11 is 0. The predicted octanol–water partition coefficient (Wildman–Crippen LogP) is 14.1. The Balaban J connectivity index is 4.25. The third-order valence-electron chi connectivity index (χ3n) is 11.8. The number of hydrogen-bond acceptors (Lipinski definition) is 6. The second kappa shape index (κ2) is 42.5. The van der Waals surface area contributed by atoms with Crippen LogP contribution in [0.4, 0.5) is 0 Å². The van der Waals surface area contributed by atoms with Crippen molar-refractivity contribution in [3.8, 4) is 0 Å². The Labute approximate surface area is 367 Å². The van der Waals surface area contributed by atoms with Crippen LogP contribution in [0.5, 0.6) is 0 Å². The largest absolute Gasteiger partial charge is 0.756 e. The molecule has 1 amide bonds. The molecule has 0 saturated carbocycles. The number of nitrogens with one attached hydrogen (secondary N) is 1. The zero-order valence-electron chi connectivity index (χ0n) is 40.0. The minimum atomic E-state index is -4.57. The van der Waals surface area contributed by atoms with Crippen molar-refractivity contribution < 1.29 is 32.9 Å². The van der Waals surface area contributed by atoms with Gasteiger partial charge in [-0.05, 0) is 38.5 Å². The molecule has 0 aliphatic rings. The molecular weight excluding hydrogens is 756 g/mol. The topological polar surface area (TPSA) is 108 Å². The van der Waals surface area contributed by atoms with Crippen molar-refractivity contribution >= 4 is 13.7 Å². The van der Waals surface area contributed by atoms with Gasteiger partial charge in [0, 0.05) is 6.42 Å². The van der Waals surface area contributed by atoms with E-state index in [9.17, 15) is 19.4 Å². The number of quaternary nitrogens is 1. The van der Waals surface area contributed by atoms with Gasteiger partial charge < -0.3 is 28.8 Å². The van der Waals surface area contributed by atoms with Gasteiger partial charge in [0.25, 0.3) is 7.82 Å². The van der Waals surface area contributed by atoms with Crippen LogP contribution >= 0.6 is 7.82 Å². The Kier molecular flexibility index (Phi) is 42.0. The molecule has 0 aromatic heterocycles. The maximum Gasteiger partial charge on any atom is 0.268 e. The monoisotopic (exact) mass is 857 g/mol. The van der Waals surface area contributed by atoms with Crippen LogP contribution in [0, 0.1) is 0 Å². The first-order chi connectivity index (χ1) is 28.5. The van der Waals surface area contributed by atoms with Gasteiger partial charge in [0.2, 0.25) is 5.91 Å². The number of amides is 1. The van der Waals surface area contributed by atoms with E-state index in [0.717, 1.165) is 51.4 Å². The van der Waals surface area contributed by atoms with Gasteiger partial charge in [-0.15, -0.1) is 0 Å². The molecule has 0 aromatic rings. The van der Waals surface area contributed by atoms with Crippen LogP contribution in [-0.4, -0.2) is 68.5 Å². The number of aliphatic hydroxyl groups is 1. The number of hydrogen-bond donors (Lipinski definition) is 2. The highest BCUT2D eigenvalue weighted by Crippen LogP contribution is 2.38. The summed E-state index contributed by atoms with van der Waals surface area (Å²) in [6.07, 6.45) is 49.3. The third kappa shape index (κ3) is 45.1. The third-order valence-corrected chi connectivity index (χ3v) is 12.7. The smallest absolute Gasteiger partial charge is 0.268 e. The molecule has 0 aliphatic heterocycles. The first kappa shape index (κ1) is 58.2. The van der Waals surface area contributed by atoms with Gasteiger partial charge in [-0.25, -0.2) is 0 Å². The Morgan fingerprint density at radius 2 is 0.932 bits per heavy atom. The van der Waals surface area contributed by atoms with Gasteiger partial charge >= 0.3 is 0 Å². The summed E-state index contributed by atoms with van der Waals surface area (Å²) in [4.78, 5) is 25.4. The number of nitrogens with zero attached hydrogens (tertiary/aromatic N) is 1. The molecule has 0 saturated heterocycles. The number of aliphatic hydroxyl groups excluding tert-OH is 1. The maximum atomic E-state index is 12.9. The summed E-state index contributed by atoms with van der Waals surface area (Å²) in [7, 11) is 1.31. The molecule has 0 rings (SSSR count). The van der Waals surface area contributed by atoms with E-state index in [1.165, 1.54) is 173 Å². The van der Waals surface area contributed by atoms with Crippen LogP contribution in [-0.2, 0) is 18.4 Å². The summed E-state index contributed by atoms with van der Waals surface area (Å²) in [6.45, 7) is 4.74. The minimum absolute atomic E-state index is 0.0127. The fourth-order valence-electron chi connectivity index (χ4n) is 7.68. The zero-order chi connectivity index (χ0) is 43.6. The number of carbonyl (C=O) groups is 1. The van der Waals surface area contributed by atoms with Crippen LogP contribution in [0.1, 0.15) is 251 Å². The van der Waals surface area contributed by atoms with Gasteiger partial charge in [0.05, 0.1) is 39.9 Å². The summed E-state index contributed by atoms with van der Waals surface area (Å²) in [5.41, 5.74) is 0. The number of likely N-dealkylation sites (N-methyl/N-ethyl adjacent to an activating group) is 1. The van der Waals surface area contributed by atoms with E-state index in [1.54, 1.807) is 0 Å². The molecule has 0 radical (unpaired) electrons. The quantitative estimate of drug-likeness (QED) is 0.0273. The SMILES string of the molecule is CCCCCCCCC/C=C\CCCCCCCC(=O)NC(COP(=O)([O-])OCC[N+](C)(C)C)C(O)CCCCCCCCCCCCCCCCCCCCCCC. The summed E-state index contributed by atoms with van der Waals surface area (Å²) < 4.78 is 23.3. The van der Waals surface area contributed by atoms with E-state index in [2.05, 4.69) is 31.3 Å². The Morgan fingerprint density at radius 1 is 0.576 bits per heavy atom. The van der Waals surface area contributed by atoms with Gasteiger partial charge in [0.1, 0.15) is 13.2 Å². The highest BCUT2D eigenvalue weighted by Gasteiger charge is 2.24. The van der Waals surface area contributed by atoms with E-state index < -0.39 is 20.0 Å². The molecule has 0 aromatic carbocycles. The molecule has 0 aliphatic carbocycles. The molecule has 8 nitrogen and oxygen atoms in total. The lowest BCUT2D eigenvalue weighted by Gasteiger charge is -2.30. The van der Waals surface area contributed by atoms with E-state index in [0.29, 0.717) is 23.9 Å². The zero-order valence-corrected chi connectivity index (χ0v) is 40.9. The minimum Gasteiger partial charge on any atom is -0.756 e. The van der Waals surface area contributed by atoms with Crippen LogP contribution in [0.15, 0.2) is 12.2 Å².